The third kappa shape index (κ3) is 8.89. The molecule has 1 saturated heterocycles. The fourth-order valence-electron chi connectivity index (χ4n) is 4.68. The highest BCUT2D eigenvalue weighted by Crippen LogP contribution is 2.24. The lowest BCUT2D eigenvalue weighted by molar-refractivity contribution is -0.143. The van der Waals surface area contributed by atoms with Crippen molar-refractivity contribution in [2.24, 2.45) is 5.16 Å². The third-order valence-corrected chi connectivity index (χ3v) is 6.84. The summed E-state index contributed by atoms with van der Waals surface area (Å²) in [5.41, 5.74) is 3.84. The number of rotatable bonds is 13. The first-order valence-electron chi connectivity index (χ1n) is 13.4. The monoisotopic (exact) mass is 554 g/mol. The molecule has 1 aliphatic rings. The van der Waals surface area contributed by atoms with Gasteiger partial charge in [-0.1, -0.05) is 23.4 Å². The molecule has 40 heavy (non-hydrogen) atoms. The van der Waals surface area contributed by atoms with Gasteiger partial charge in [0, 0.05) is 75.9 Å². The molecule has 3 aromatic rings. The van der Waals surface area contributed by atoms with Crippen molar-refractivity contribution in [3.63, 3.8) is 0 Å². The van der Waals surface area contributed by atoms with Crippen molar-refractivity contribution in [3.8, 4) is 17.3 Å². The van der Waals surface area contributed by atoms with E-state index in [1.807, 2.05) is 34.9 Å². The zero-order valence-corrected chi connectivity index (χ0v) is 22.3. The molecule has 0 unspecified atom stereocenters. The molecule has 2 aromatic heterocycles. The van der Waals surface area contributed by atoms with Crippen molar-refractivity contribution < 1.29 is 22.8 Å². The lowest BCUT2D eigenvalue weighted by Gasteiger charge is -2.34. The van der Waals surface area contributed by atoms with Gasteiger partial charge in [-0.05, 0) is 30.2 Å². The maximum Gasteiger partial charge on any atom is 0.389 e. The predicted octanol–water partition coefficient (Wildman–Crippen LogP) is 4.73. The zero-order valence-electron chi connectivity index (χ0n) is 22.3. The van der Waals surface area contributed by atoms with Crippen LogP contribution in [0.15, 0.2) is 53.9 Å². The largest absolute Gasteiger partial charge is 0.396 e. The fraction of sp³-hybridized carbons (Fsp3) is 0.448. The molecule has 0 spiro atoms. The lowest BCUT2D eigenvalue weighted by Crippen LogP contribution is -2.46. The molecule has 0 amide bonds. The Morgan fingerprint density at radius 3 is 2.65 bits per heavy atom. The molecule has 3 heterocycles. The van der Waals surface area contributed by atoms with E-state index < -0.39 is 24.8 Å². The first-order valence-corrected chi connectivity index (χ1v) is 13.4. The van der Waals surface area contributed by atoms with E-state index in [0.29, 0.717) is 24.2 Å². The fourth-order valence-corrected chi connectivity index (χ4v) is 4.68. The summed E-state index contributed by atoms with van der Waals surface area (Å²) >= 11 is 0. The Labute approximate surface area is 231 Å². The average Bonchev–Trinajstić information content (AvgIpc) is 3.36. The van der Waals surface area contributed by atoms with Crippen LogP contribution in [0.2, 0.25) is 0 Å². The standard InChI is InChI=1S/C29H33F3N6O2/c30-29(31,32)8-6-26(39)19-23-4-1-5-25(18-23)27-22-34-28-20-24(7-12-38(27)28)21-35-40-17-3-11-37-15-13-36(14-16-37)10-2-9-33/h1,4-5,7,12,18,20-22H,2-3,6,8,10-11,13-17,19H2/b35-21+. The number of aromatic nitrogens is 2. The number of fused-ring (bicyclic) bond motifs is 1. The number of carbonyl (C=O) groups is 1. The van der Waals surface area contributed by atoms with Crippen molar-refractivity contribution in [1.29, 1.82) is 5.26 Å². The Hall–Kier alpha value is -3.75. The van der Waals surface area contributed by atoms with Crippen molar-refractivity contribution in [2.75, 3.05) is 45.9 Å². The maximum absolute atomic E-state index is 12.4. The highest BCUT2D eigenvalue weighted by molar-refractivity contribution is 5.82. The molecule has 11 heteroatoms. The maximum atomic E-state index is 12.4. The highest BCUT2D eigenvalue weighted by atomic mass is 19.4. The van der Waals surface area contributed by atoms with E-state index in [1.54, 1.807) is 24.5 Å². The van der Waals surface area contributed by atoms with Crippen molar-refractivity contribution in [1.82, 2.24) is 19.2 Å². The molecule has 0 N–H and O–H groups in total. The summed E-state index contributed by atoms with van der Waals surface area (Å²) in [6, 6.07) is 13.2. The van der Waals surface area contributed by atoms with E-state index in [1.165, 1.54) is 0 Å². The van der Waals surface area contributed by atoms with Crippen LogP contribution >= 0.6 is 0 Å². The Morgan fingerprint density at radius 2 is 1.90 bits per heavy atom. The van der Waals surface area contributed by atoms with Crippen LogP contribution in [-0.4, -0.2) is 83.2 Å². The molecular formula is C29H33F3N6O2. The van der Waals surface area contributed by atoms with Gasteiger partial charge in [0.15, 0.2) is 0 Å². The summed E-state index contributed by atoms with van der Waals surface area (Å²) in [6.45, 7) is 6.32. The van der Waals surface area contributed by atoms with Gasteiger partial charge in [-0.2, -0.15) is 18.4 Å². The number of ketones is 1. The second kappa shape index (κ2) is 14.1. The molecular weight excluding hydrogens is 521 g/mol. The number of nitrogens with zero attached hydrogens (tertiary/aromatic N) is 6. The summed E-state index contributed by atoms with van der Waals surface area (Å²) in [7, 11) is 0. The predicted molar refractivity (Wildman–Crippen MR) is 146 cm³/mol. The number of oxime groups is 1. The van der Waals surface area contributed by atoms with Gasteiger partial charge in [0.1, 0.15) is 18.0 Å². The van der Waals surface area contributed by atoms with Gasteiger partial charge in [0.25, 0.3) is 0 Å². The SMILES string of the molecule is N#CCCN1CCN(CCCO/N=C/c2ccn3c(-c4cccc(CC(=O)CCC(F)(F)F)c4)cnc3c2)CC1. The second-order valence-corrected chi connectivity index (χ2v) is 9.88. The van der Waals surface area contributed by atoms with Gasteiger partial charge in [-0.3, -0.25) is 14.1 Å². The number of nitriles is 1. The number of halogens is 3. The van der Waals surface area contributed by atoms with E-state index in [2.05, 4.69) is 26.0 Å². The van der Waals surface area contributed by atoms with Crippen molar-refractivity contribution >= 4 is 17.6 Å². The summed E-state index contributed by atoms with van der Waals surface area (Å²) < 4.78 is 39.1. The van der Waals surface area contributed by atoms with Gasteiger partial charge in [0.05, 0.1) is 30.6 Å². The van der Waals surface area contributed by atoms with E-state index >= 15 is 0 Å². The lowest BCUT2D eigenvalue weighted by atomic mass is 10.0. The molecule has 0 aliphatic carbocycles. The summed E-state index contributed by atoms with van der Waals surface area (Å²) in [5.74, 6) is -0.440. The number of hydrogen-bond donors (Lipinski definition) is 0. The third-order valence-electron chi connectivity index (χ3n) is 6.84. The zero-order chi connectivity index (χ0) is 28.4. The number of benzene rings is 1. The molecule has 1 aliphatic heterocycles. The first-order chi connectivity index (χ1) is 19.3. The number of Topliss-reactive ketones (excluding diaryl/α,β-unsaturated/α-hetero) is 1. The molecule has 212 valence electrons. The van der Waals surface area contributed by atoms with Crippen LogP contribution in [0.5, 0.6) is 0 Å². The molecule has 0 bridgehead atoms. The number of alkyl halides is 3. The highest BCUT2D eigenvalue weighted by Gasteiger charge is 2.27. The topological polar surface area (TPSA) is 86.2 Å². The van der Waals surface area contributed by atoms with Crippen LogP contribution < -0.4 is 0 Å². The van der Waals surface area contributed by atoms with Gasteiger partial charge in [-0.25, -0.2) is 4.98 Å². The summed E-state index contributed by atoms with van der Waals surface area (Å²) in [5, 5.41) is 12.8. The first kappa shape index (κ1) is 29.2. The number of carbonyl (C=O) groups excluding carboxylic acids is 1. The Kier molecular flexibility index (Phi) is 10.3. The minimum Gasteiger partial charge on any atom is -0.396 e. The van der Waals surface area contributed by atoms with Crippen LogP contribution in [0.3, 0.4) is 0 Å². The number of imidazole rings is 1. The van der Waals surface area contributed by atoms with Gasteiger partial charge in [0.2, 0.25) is 0 Å². The average molecular weight is 555 g/mol. The van der Waals surface area contributed by atoms with E-state index in [4.69, 9.17) is 10.1 Å². The number of pyridine rings is 1. The van der Waals surface area contributed by atoms with E-state index in [-0.39, 0.29) is 6.42 Å². The number of piperazine rings is 1. The Bertz CT molecular complexity index is 1340. The molecule has 8 nitrogen and oxygen atoms in total. The van der Waals surface area contributed by atoms with Gasteiger partial charge < -0.3 is 9.74 Å². The smallest absolute Gasteiger partial charge is 0.389 e. The molecule has 1 fully saturated rings. The van der Waals surface area contributed by atoms with Gasteiger partial charge >= 0.3 is 6.18 Å². The van der Waals surface area contributed by atoms with Crippen LogP contribution in [0.1, 0.15) is 36.8 Å². The molecule has 4 rings (SSSR count). The second-order valence-electron chi connectivity index (χ2n) is 9.88. The van der Waals surface area contributed by atoms with E-state index in [9.17, 15) is 18.0 Å². The summed E-state index contributed by atoms with van der Waals surface area (Å²) in [6.07, 6.45) is 0.717. The molecule has 0 radical (unpaired) electrons. The molecule has 0 saturated carbocycles. The van der Waals surface area contributed by atoms with Crippen LogP contribution in [0.4, 0.5) is 13.2 Å². The minimum absolute atomic E-state index is 0.0404. The number of hydrogen-bond acceptors (Lipinski definition) is 7. The molecule has 1 aromatic carbocycles. The molecule has 0 atom stereocenters. The van der Waals surface area contributed by atoms with Crippen molar-refractivity contribution in [3.05, 3.63) is 59.9 Å². The van der Waals surface area contributed by atoms with Gasteiger partial charge in [-0.15, -0.1) is 0 Å². The van der Waals surface area contributed by atoms with Crippen LogP contribution in [0, 0.1) is 11.3 Å². The minimum atomic E-state index is -4.33. The Balaban J connectivity index is 1.25. The van der Waals surface area contributed by atoms with E-state index in [0.717, 1.165) is 62.5 Å². The Morgan fingerprint density at radius 1 is 1.12 bits per heavy atom. The quantitative estimate of drug-likeness (QED) is 0.173. The summed E-state index contributed by atoms with van der Waals surface area (Å²) in [4.78, 5) is 26.7. The normalized spacial score (nSPS) is 15.1. The van der Waals surface area contributed by atoms with Crippen molar-refractivity contribution in [2.45, 2.75) is 38.3 Å². The van der Waals surface area contributed by atoms with Crippen LogP contribution in [0.25, 0.3) is 16.9 Å². The van der Waals surface area contributed by atoms with Crippen LogP contribution in [-0.2, 0) is 16.1 Å².